The number of halogens is 1. The van der Waals surface area contributed by atoms with Crippen LogP contribution in [0.15, 0.2) is 63.6 Å². The summed E-state index contributed by atoms with van der Waals surface area (Å²) in [4.78, 5) is 9.13. The Balaban J connectivity index is 1.44. The van der Waals surface area contributed by atoms with Gasteiger partial charge in [0.2, 0.25) is 11.8 Å². The second kappa shape index (κ2) is 12.0. The summed E-state index contributed by atoms with van der Waals surface area (Å²) >= 11 is 3.53. The highest BCUT2D eigenvalue weighted by Gasteiger charge is 2.27. The van der Waals surface area contributed by atoms with Crippen LogP contribution in [0.4, 0.5) is 5.88 Å². The highest BCUT2D eigenvalue weighted by Crippen LogP contribution is 2.29. The van der Waals surface area contributed by atoms with Crippen LogP contribution in [-0.4, -0.2) is 66.9 Å². The molecule has 1 aromatic heterocycles. The van der Waals surface area contributed by atoms with Gasteiger partial charge in [-0.2, -0.15) is 0 Å². The van der Waals surface area contributed by atoms with Gasteiger partial charge in [-0.25, -0.2) is 4.98 Å². The summed E-state index contributed by atoms with van der Waals surface area (Å²) in [6, 6.07) is 15.8. The number of hydrogen-bond donors (Lipinski definition) is 2. The first kappa shape index (κ1) is 24.9. The van der Waals surface area contributed by atoms with Gasteiger partial charge in [-0.1, -0.05) is 52.3 Å². The molecule has 0 saturated carbocycles. The van der Waals surface area contributed by atoms with Crippen LogP contribution < -0.4 is 10.4 Å². The smallest absolute Gasteiger partial charge is 0.423 e. The van der Waals surface area contributed by atoms with Crippen LogP contribution in [0.25, 0.3) is 0 Å². The number of benzene rings is 2. The summed E-state index contributed by atoms with van der Waals surface area (Å²) < 4.78 is 12.9. The number of likely N-dealkylation sites (N-methyl/N-ethyl adjacent to an activating group) is 1. The van der Waals surface area contributed by atoms with E-state index in [0.717, 1.165) is 54.8 Å². The fourth-order valence-electron chi connectivity index (χ4n) is 4.27. The molecule has 2 heterocycles. The fraction of sp³-hybridized carbons (Fsp3) is 0.400. The molecule has 1 fully saturated rings. The predicted molar refractivity (Wildman–Crippen MR) is 137 cm³/mol. The third kappa shape index (κ3) is 6.70. The van der Waals surface area contributed by atoms with Gasteiger partial charge in [0.05, 0.1) is 25.5 Å². The summed E-state index contributed by atoms with van der Waals surface area (Å²) in [5.74, 6) is 1.47. The van der Waals surface area contributed by atoms with Gasteiger partial charge in [-0.15, -0.1) is 0 Å². The molecule has 1 aliphatic rings. The molecule has 3 aromatic rings. The quantitative estimate of drug-likeness (QED) is 0.392. The lowest BCUT2D eigenvalue weighted by Crippen LogP contribution is -2.39. The highest BCUT2D eigenvalue weighted by molar-refractivity contribution is 9.10. The first-order chi connectivity index (χ1) is 16.5. The average molecular weight is 528 g/mol. The van der Waals surface area contributed by atoms with Crippen molar-refractivity contribution in [2.24, 2.45) is 0 Å². The monoisotopic (exact) mass is 527 g/mol. The maximum Gasteiger partial charge on any atom is 0.488 e. The van der Waals surface area contributed by atoms with Gasteiger partial charge in [0.25, 0.3) is 0 Å². The van der Waals surface area contributed by atoms with Crippen molar-refractivity contribution >= 4 is 34.4 Å². The Kier molecular flexibility index (Phi) is 8.80. The Morgan fingerprint density at radius 2 is 1.82 bits per heavy atom. The van der Waals surface area contributed by atoms with Crippen molar-refractivity contribution in [3.63, 3.8) is 0 Å². The minimum Gasteiger partial charge on any atom is -0.423 e. The van der Waals surface area contributed by atoms with Gasteiger partial charge in [-0.05, 0) is 48.0 Å². The Morgan fingerprint density at radius 1 is 1.09 bits per heavy atom. The first-order valence-electron chi connectivity index (χ1n) is 11.7. The van der Waals surface area contributed by atoms with E-state index in [1.165, 1.54) is 5.56 Å². The zero-order valence-electron chi connectivity index (χ0n) is 19.4. The summed E-state index contributed by atoms with van der Waals surface area (Å²) in [6.07, 6.45) is 4.31. The lowest BCUT2D eigenvalue weighted by Gasteiger charge is -2.32. The molecule has 1 aliphatic heterocycles. The number of aryl methyl sites for hydroxylation is 1. The molecule has 0 bridgehead atoms. The number of aromatic nitrogens is 1. The number of rotatable bonds is 10. The number of hydrogen-bond acceptors (Lipinski definition) is 7. The van der Waals surface area contributed by atoms with Crippen LogP contribution in [0.2, 0.25) is 0 Å². The van der Waals surface area contributed by atoms with Crippen LogP contribution in [-0.2, 0) is 17.6 Å². The molecule has 1 atom stereocenters. The number of ether oxygens (including phenoxy) is 1. The molecule has 0 radical (unpaired) electrons. The molecule has 2 aromatic carbocycles. The largest absolute Gasteiger partial charge is 0.488 e. The van der Waals surface area contributed by atoms with Gasteiger partial charge < -0.3 is 24.1 Å². The van der Waals surface area contributed by atoms with E-state index in [9.17, 15) is 10.0 Å². The minimum absolute atomic E-state index is 0.0267. The van der Waals surface area contributed by atoms with Gasteiger partial charge in [-0.3, -0.25) is 4.90 Å². The van der Waals surface area contributed by atoms with Crippen LogP contribution in [0, 0.1) is 0 Å². The summed E-state index contributed by atoms with van der Waals surface area (Å²) in [6.45, 7) is 3.88. The molecule has 7 nitrogen and oxygen atoms in total. The maximum absolute atomic E-state index is 9.49. The van der Waals surface area contributed by atoms with Crippen molar-refractivity contribution in [3.05, 3.63) is 76.2 Å². The highest BCUT2D eigenvalue weighted by atomic mass is 79.9. The molecular formula is C25H31BBrN3O4. The minimum atomic E-state index is -1.46. The molecule has 9 heteroatoms. The van der Waals surface area contributed by atoms with E-state index in [-0.39, 0.29) is 6.04 Å². The van der Waals surface area contributed by atoms with Gasteiger partial charge >= 0.3 is 7.12 Å². The molecule has 1 unspecified atom stereocenters. The molecule has 0 amide bonds. The van der Waals surface area contributed by atoms with Crippen LogP contribution >= 0.6 is 15.9 Å². The Hall–Kier alpha value is -2.17. The van der Waals surface area contributed by atoms with Crippen LogP contribution in [0.3, 0.4) is 0 Å². The summed E-state index contributed by atoms with van der Waals surface area (Å²) in [5, 5.41) is 19.0. The van der Waals surface area contributed by atoms with Crippen LogP contribution in [0.1, 0.15) is 29.5 Å². The van der Waals surface area contributed by atoms with E-state index in [0.29, 0.717) is 24.6 Å². The van der Waals surface area contributed by atoms with Crippen molar-refractivity contribution in [1.82, 2.24) is 9.88 Å². The second-order valence-corrected chi connectivity index (χ2v) is 9.58. The van der Waals surface area contributed by atoms with Crippen molar-refractivity contribution < 1.29 is 19.2 Å². The molecule has 1 saturated heterocycles. The van der Waals surface area contributed by atoms with E-state index in [1.54, 1.807) is 6.07 Å². The van der Waals surface area contributed by atoms with Crippen LogP contribution in [0.5, 0.6) is 0 Å². The van der Waals surface area contributed by atoms with Crippen molar-refractivity contribution in [2.45, 2.75) is 25.3 Å². The number of nitrogens with zero attached hydrogens (tertiary/aromatic N) is 3. The third-order valence-electron chi connectivity index (χ3n) is 6.24. The molecule has 180 valence electrons. The van der Waals surface area contributed by atoms with E-state index in [2.05, 4.69) is 48.9 Å². The standard InChI is InChI=1S/C25H31BBrN3O4/c1-29(11-10-20-5-3-7-22(27)17-20)24-18-28-25(34-24)23(30-12-14-33-15-13-30)9-8-19-4-2-6-21(16-19)26(31)32/h2-7,16-18,23,31-32H,8-15H2,1H3. The summed E-state index contributed by atoms with van der Waals surface area (Å²) in [5.41, 5.74) is 2.83. The van der Waals surface area contributed by atoms with Crippen molar-refractivity contribution in [2.75, 3.05) is 44.8 Å². The van der Waals surface area contributed by atoms with E-state index < -0.39 is 7.12 Å². The molecule has 2 N–H and O–H groups in total. The normalized spacial score (nSPS) is 15.3. The molecule has 0 spiro atoms. The lowest BCUT2D eigenvalue weighted by atomic mass is 9.79. The maximum atomic E-state index is 9.49. The Morgan fingerprint density at radius 3 is 2.56 bits per heavy atom. The summed E-state index contributed by atoms with van der Waals surface area (Å²) in [7, 11) is 0.564. The molecule has 34 heavy (non-hydrogen) atoms. The van der Waals surface area contributed by atoms with Crippen molar-refractivity contribution in [1.29, 1.82) is 0 Å². The third-order valence-corrected chi connectivity index (χ3v) is 6.73. The molecule has 0 aliphatic carbocycles. The zero-order valence-corrected chi connectivity index (χ0v) is 21.0. The number of anilines is 1. The molecule has 4 rings (SSSR count). The topological polar surface area (TPSA) is 82.2 Å². The van der Waals surface area contributed by atoms with Crippen molar-refractivity contribution in [3.8, 4) is 0 Å². The average Bonchev–Trinajstić information content (AvgIpc) is 3.34. The van der Waals surface area contributed by atoms with E-state index in [4.69, 9.17) is 9.15 Å². The predicted octanol–water partition coefficient (Wildman–Crippen LogP) is 2.80. The number of oxazole rings is 1. The Bertz CT molecular complexity index is 1060. The van der Waals surface area contributed by atoms with Gasteiger partial charge in [0.1, 0.15) is 0 Å². The lowest BCUT2D eigenvalue weighted by molar-refractivity contribution is 0.00850. The fourth-order valence-corrected chi connectivity index (χ4v) is 4.72. The first-order valence-corrected chi connectivity index (χ1v) is 12.5. The zero-order chi connectivity index (χ0) is 23.9. The van der Waals surface area contributed by atoms with E-state index in [1.807, 2.05) is 37.5 Å². The Labute approximate surface area is 209 Å². The second-order valence-electron chi connectivity index (χ2n) is 8.66. The van der Waals surface area contributed by atoms with Gasteiger partial charge in [0.15, 0.2) is 0 Å². The SMILES string of the molecule is CN(CCc1cccc(Br)c1)c1cnc(C(CCc2cccc(B(O)O)c2)N2CCOCC2)o1. The van der Waals surface area contributed by atoms with Gasteiger partial charge in [0, 0.05) is 31.2 Å². The number of morpholine rings is 1. The molecular weight excluding hydrogens is 497 g/mol. The van der Waals surface area contributed by atoms with E-state index >= 15 is 0 Å².